The van der Waals surface area contributed by atoms with E-state index in [1.165, 1.54) is 0 Å². The van der Waals surface area contributed by atoms with Crippen LogP contribution in [-0.4, -0.2) is 42.0 Å². The Bertz CT molecular complexity index is 319. The number of hydrogen-bond donors (Lipinski definition) is 3. The summed E-state index contributed by atoms with van der Waals surface area (Å²) >= 11 is 0. The zero-order valence-corrected chi connectivity index (χ0v) is 7.38. The van der Waals surface area contributed by atoms with E-state index >= 15 is 0 Å². The van der Waals surface area contributed by atoms with E-state index in [-0.39, 0.29) is 0 Å². The normalized spacial score (nSPS) is 11.0. The summed E-state index contributed by atoms with van der Waals surface area (Å²) in [6, 6.07) is 0. The molecule has 2 aromatic heterocycles. The zero-order valence-electron chi connectivity index (χ0n) is 7.38. The van der Waals surface area contributed by atoms with Crippen molar-refractivity contribution in [3.05, 3.63) is 23.8 Å². The Morgan fingerprint density at radius 2 is 1.57 bits per heavy atom. The molecule has 2 aromatic rings. The number of aromatic nitrogens is 6. The first-order chi connectivity index (χ1) is 6.84. The van der Waals surface area contributed by atoms with Gasteiger partial charge in [0.05, 0.1) is 29.9 Å². The Labute approximate surface area is 79.5 Å². The molecule has 0 radical (unpaired) electrons. The minimum absolute atomic E-state index is 0.462. The molecule has 3 N–H and O–H groups in total. The third-order valence-corrected chi connectivity index (χ3v) is 1.82. The van der Waals surface area contributed by atoms with Gasteiger partial charge in [0, 0.05) is 12.8 Å². The molecule has 0 aliphatic heterocycles. The number of H-pyrrole nitrogens is 2. The van der Waals surface area contributed by atoms with Crippen LogP contribution in [0, 0.1) is 0 Å². The van der Waals surface area contributed by atoms with Crippen molar-refractivity contribution >= 4 is 0 Å². The third-order valence-electron chi connectivity index (χ3n) is 1.82. The van der Waals surface area contributed by atoms with Gasteiger partial charge < -0.3 is 5.11 Å². The fourth-order valence-corrected chi connectivity index (χ4v) is 1.20. The summed E-state index contributed by atoms with van der Waals surface area (Å²) in [7, 11) is 0. The first-order valence-corrected chi connectivity index (χ1v) is 4.22. The first-order valence-electron chi connectivity index (χ1n) is 4.22. The summed E-state index contributed by atoms with van der Waals surface area (Å²) < 4.78 is 0. The van der Waals surface area contributed by atoms with E-state index in [0.29, 0.717) is 12.8 Å². The monoisotopic (exact) mass is 194 g/mol. The van der Waals surface area contributed by atoms with E-state index in [4.69, 9.17) is 0 Å². The molecule has 0 fully saturated rings. The third kappa shape index (κ3) is 2.13. The summed E-state index contributed by atoms with van der Waals surface area (Å²) in [5.74, 6) is 0. The second kappa shape index (κ2) is 3.97. The van der Waals surface area contributed by atoms with E-state index in [0.717, 1.165) is 11.4 Å². The van der Waals surface area contributed by atoms with Gasteiger partial charge in [-0.15, -0.1) is 0 Å². The molecular formula is C7H10N6O. The lowest BCUT2D eigenvalue weighted by Gasteiger charge is -2.04. The number of aliphatic hydroxyl groups excluding tert-OH is 1. The van der Waals surface area contributed by atoms with Crippen LogP contribution in [0.3, 0.4) is 0 Å². The van der Waals surface area contributed by atoms with Gasteiger partial charge in [-0.25, -0.2) is 0 Å². The van der Waals surface area contributed by atoms with Crippen molar-refractivity contribution in [2.75, 3.05) is 0 Å². The van der Waals surface area contributed by atoms with E-state index < -0.39 is 6.10 Å². The van der Waals surface area contributed by atoms with Crippen molar-refractivity contribution in [1.29, 1.82) is 0 Å². The van der Waals surface area contributed by atoms with Gasteiger partial charge >= 0.3 is 0 Å². The van der Waals surface area contributed by atoms with Crippen LogP contribution in [0.15, 0.2) is 12.4 Å². The lowest BCUT2D eigenvalue weighted by molar-refractivity contribution is 0.173. The number of aliphatic hydroxyl groups is 1. The van der Waals surface area contributed by atoms with Crippen molar-refractivity contribution in [2.24, 2.45) is 0 Å². The molecule has 0 unspecified atom stereocenters. The van der Waals surface area contributed by atoms with Gasteiger partial charge in [0.2, 0.25) is 0 Å². The maximum absolute atomic E-state index is 9.63. The first kappa shape index (κ1) is 8.82. The van der Waals surface area contributed by atoms with E-state index in [9.17, 15) is 5.11 Å². The SMILES string of the molecule is OC(Cc1cn[nH]n1)Cc1cn[nH]n1. The molecule has 0 bridgehead atoms. The summed E-state index contributed by atoms with van der Waals surface area (Å²) in [6.45, 7) is 0. The standard InChI is InChI=1S/C7H10N6O/c14-7(1-5-3-8-12-10-5)2-6-4-9-13-11-6/h3-4,7,14H,1-2H2,(H,8,10,12)(H,9,11,13). The summed E-state index contributed by atoms with van der Waals surface area (Å²) in [6.07, 6.45) is 3.59. The molecule has 2 heterocycles. The van der Waals surface area contributed by atoms with Crippen molar-refractivity contribution in [3.63, 3.8) is 0 Å². The molecule has 7 heteroatoms. The number of aromatic amines is 2. The largest absolute Gasteiger partial charge is 0.392 e. The highest BCUT2D eigenvalue weighted by Crippen LogP contribution is 2.02. The fourth-order valence-electron chi connectivity index (χ4n) is 1.20. The topological polar surface area (TPSA) is 103 Å². The van der Waals surface area contributed by atoms with Gasteiger partial charge in [-0.1, -0.05) is 0 Å². The molecule has 0 atom stereocenters. The average molecular weight is 194 g/mol. The highest BCUT2D eigenvalue weighted by Gasteiger charge is 2.09. The smallest absolute Gasteiger partial charge is 0.0850 e. The minimum atomic E-state index is -0.509. The molecule has 0 saturated heterocycles. The van der Waals surface area contributed by atoms with Crippen molar-refractivity contribution in [3.8, 4) is 0 Å². The highest BCUT2D eigenvalue weighted by atomic mass is 16.3. The van der Waals surface area contributed by atoms with Crippen LogP contribution in [0.4, 0.5) is 0 Å². The molecule has 0 aromatic carbocycles. The second-order valence-corrected chi connectivity index (χ2v) is 2.98. The number of hydrogen-bond acceptors (Lipinski definition) is 5. The summed E-state index contributed by atoms with van der Waals surface area (Å²) in [4.78, 5) is 0. The maximum atomic E-state index is 9.63. The van der Waals surface area contributed by atoms with Crippen LogP contribution < -0.4 is 0 Å². The second-order valence-electron chi connectivity index (χ2n) is 2.98. The van der Waals surface area contributed by atoms with Crippen LogP contribution in [-0.2, 0) is 12.8 Å². The van der Waals surface area contributed by atoms with Gasteiger partial charge in [0.1, 0.15) is 0 Å². The van der Waals surface area contributed by atoms with Gasteiger partial charge in [-0.2, -0.15) is 30.8 Å². The molecule has 7 nitrogen and oxygen atoms in total. The Balaban J connectivity index is 1.88. The predicted octanol–water partition coefficient (Wildman–Crippen LogP) is -0.931. The number of nitrogens with one attached hydrogen (secondary N) is 2. The Morgan fingerprint density at radius 3 is 1.93 bits per heavy atom. The Kier molecular flexibility index (Phi) is 2.50. The van der Waals surface area contributed by atoms with Crippen molar-refractivity contribution < 1.29 is 5.11 Å². The molecule has 2 rings (SSSR count). The van der Waals surface area contributed by atoms with Gasteiger partial charge in [-0.05, 0) is 0 Å². The van der Waals surface area contributed by atoms with Crippen LogP contribution in [0.5, 0.6) is 0 Å². The molecule has 0 saturated carbocycles. The van der Waals surface area contributed by atoms with Crippen LogP contribution in [0.2, 0.25) is 0 Å². The lowest BCUT2D eigenvalue weighted by atomic mass is 10.1. The quantitative estimate of drug-likeness (QED) is 0.583. The van der Waals surface area contributed by atoms with Crippen LogP contribution >= 0.6 is 0 Å². The van der Waals surface area contributed by atoms with Gasteiger partial charge in [0.15, 0.2) is 0 Å². The maximum Gasteiger partial charge on any atom is 0.0850 e. The van der Waals surface area contributed by atoms with Gasteiger partial charge in [-0.3, -0.25) is 0 Å². The van der Waals surface area contributed by atoms with Crippen LogP contribution in [0.1, 0.15) is 11.4 Å². The number of nitrogens with zero attached hydrogens (tertiary/aromatic N) is 4. The summed E-state index contributed by atoms with van der Waals surface area (Å²) in [5, 5.41) is 29.6. The zero-order chi connectivity index (χ0) is 9.80. The lowest BCUT2D eigenvalue weighted by Crippen LogP contribution is -2.14. The Morgan fingerprint density at radius 1 is 1.07 bits per heavy atom. The molecule has 0 aliphatic carbocycles. The molecule has 74 valence electrons. The van der Waals surface area contributed by atoms with Gasteiger partial charge in [0.25, 0.3) is 0 Å². The van der Waals surface area contributed by atoms with E-state index in [1.54, 1.807) is 12.4 Å². The molecule has 0 spiro atoms. The minimum Gasteiger partial charge on any atom is -0.392 e. The Hall–Kier alpha value is -1.76. The number of rotatable bonds is 4. The summed E-state index contributed by atoms with van der Waals surface area (Å²) in [5.41, 5.74) is 1.47. The molecule has 0 aliphatic rings. The predicted molar refractivity (Wildman–Crippen MR) is 46.2 cm³/mol. The van der Waals surface area contributed by atoms with Crippen LogP contribution in [0.25, 0.3) is 0 Å². The average Bonchev–Trinajstić information content (AvgIpc) is 2.76. The highest BCUT2D eigenvalue weighted by molar-refractivity contribution is 4.98. The van der Waals surface area contributed by atoms with E-state index in [1.807, 2.05) is 0 Å². The fraction of sp³-hybridized carbons (Fsp3) is 0.429. The molecular weight excluding hydrogens is 184 g/mol. The van der Waals surface area contributed by atoms with Crippen molar-refractivity contribution in [2.45, 2.75) is 18.9 Å². The molecule has 14 heavy (non-hydrogen) atoms. The van der Waals surface area contributed by atoms with Crippen molar-refractivity contribution in [1.82, 2.24) is 30.8 Å². The molecule has 0 amide bonds. The van der Waals surface area contributed by atoms with E-state index in [2.05, 4.69) is 30.8 Å².